The van der Waals surface area contributed by atoms with Gasteiger partial charge in [0.25, 0.3) is 10.0 Å². The Balaban J connectivity index is 1.77. The number of hydrogen-bond donors (Lipinski definition) is 1. The van der Waals surface area contributed by atoms with E-state index in [0.717, 1.165) is 32.7 Å². The average molecular weight is 697 g/mol. The van der Waals surface area contributed by atoms with E-state index in [1.54, 1.807) is 30.3 Å². The molecular weight excluding hydrogens is 662 g/mol. The molecule has 0 bridgehead atoms. The molecule has 4 aromatic rings. The zero-order valence-electron chi connectivity index (χ0n) is 24.4. The number of carbonyl (C=O) groups is 2. The van der Waals surface area contributed by atoms with Crippen molar-refractivity contribution in [3.63, 3.8) is 0 Å². The highest BCUT2D eigenvalue weighted by molar-refractivity contribution is 9.10. The van der Waals surface area contributed by atoms with E-state index in [4.69, 9.17) is 11.6 Å². The van der Waals surface area contributed by atoms with Crippen LogP contribution in [-0.4, -0.2) is 44.3 Å². The maximum absolute atomic E-state index is 14.4. The number of rotatable bonds is 14. The van der Waals surface area contributed by atoms with Crippen molar-refractivity contribution in [3.8, 4) is 0 Å². The summed E-state index contributed by atoms with van der Waals surface area (Å²) in [6.07, 6.45) is 1.96. The van der Waals surface area contributed by atoms with Gasteiger partial charge in [-0.3, -0.25) is 13.9 Å². The van der Waals surface area contributed by atoms with E-state index in [1.165, 1.54) is 29.2 Å². The summed E-state index contributed by atoms with van der Waals surface area (Å²) >= 11 is 9.54. The van der Waals surface area contributed by atoms with Gasteiger partial charge in [0, 0.05) is 29.0 Å². The number of carbonyl (C=O) groups excluding carboxylic acids is 2. The zero-order valence-corrected chi connectivity index (χ0v) is 27.6. The van der Waals surface area contributed by atoms with E-state index >= 15 is 0 Å². The summed E-state index contributed by atoms with van der Waals surface area (Å²) in [5.74, 6) is -0.810. The summed E-state index contributed by atoms with van der Waals surface area (Å²) < 4.78 is 29.9. The molecule has 2 amide bonds. The van der Waals surface area contributed by atoms with Crippen LogP contribution in [0.15, 0.2) is 119 Å². The van der Waals surface area contributed by atoms with Crippen LogP contribution in [-0.2, 0) is 32.6 Å². The highest BCUT2D eigenvalue weighted by atomic mass is 79.9. The van der Waals surface area contributed by atoms with Crippen LogP contribution in [0.2, 0.25) is 5.02 Å². The number of benzene rings is 4. The molecule has 0 aliphatic heterocycles. The Hall–Kier alpha value is -3.66. The molecule has 1 atom stereocenters. The van der Waals surface area contributed by atoms with E-state index in [0.29, 0.717) is 17.3 Å². The molecule has 0 saturated heterocycles. The minimum Gasteiger partial charge on any atom is -0.354 e. The Morgan fingerprint density at radius 3 is 2.14 bits per heavy atom. The van der Waals surface area contributed by atoms with Crippen molar-refractivity contribution in [2.75, 3.05) is 17.4 Å². The number of para-hydroxylation sites is 1. The average Bonchev–Trinajstić information content (AvgIpc) is 3.02. The second-order valence-electron chi connectivity index (χ2n) is 10.3. The van der Waals surface area contributed by atoms with Gasteiger partial charge in [-0.15, -0.1) is 0 Å². The molecule has 1 N–H and O–H groups in total. The van der Waals surface area contributed by atoms with Gasteiger partial charge in [0.2, 0.25) is 11.8 Å². The summed E-state index contributed by atoms with van der Waals surface area (Å²) in [6.45, 7) is 2.09. The highest BCUT2D eigenvalue weighted by Gasteiger charge is 2.34. The van der Waals surface area contributed by atoms with Crippen molar-refractivity contribution in [3.05, 3.63) is 130 Å². The van der Waals surface area contributed by atoms with Crippen LogP contribution in [0.4, 0.5) is 5.69 Å². The molecule has 0 spiro atoms. The van der Waals surface area contributed by atoms with E-state index in [9.17, 15) is 18.0 Å². The third-order valence-corrected chi connectivity index (χ3v) is 9.60. The molecule has 0 heterocycles. The summed E-state index contributed by atoms with van der Waals surface area (Å²) in [4.78, 5) is 29.7. The number of hydrogen-bond acceptors (Lipinski definition) is 4. The molecule has 10 heteroatoms. The second-order valence-corrected chi connectivity index (χ2v) is 13.5. The lowest BCUT2D eigenvalue weighted by molar-refractivity contribution is -0.140. The van der Waals surface area contributed by atoms with Gasteiger partial charge in [0.1, 0.15) is 12.6 Å². The van der Waals surface area contributed by atoms with Crippen LogP contribution >= 0.6 is 27.5 Å². The smallest absolute Gasteiger partial charge is 0.264 e. The van der Waals surface area contributed by atoms with Crippen LogP contribution in [0.1, 0.15) is 30.9 Å². The lowest BCUT2D eigenvalue weighted by Crippen LogP contribution is -2.53. The number of amides is 2. The van der Waals surface area contributed by atoms with Crippen LogP contribution in [0.25, 0.3) is 0 Å². The minimum atomic E-state index is -4.18. The number of anilines is 1. The Morgan fingerprint density at radius 2 is 1.50 bits per heavy atom. The first-order valence-corrected chi connectivity index (χ1v) is 17.0. The lowest BCUT2D eigenvalue weighted by Gasteiger charge is -2.34. The molecule has 4 aromatic carbocycles. The van der Waals surface area contributed by atoms with Crippen LogP contribution < -0.4 is 9.62 Å². The topological polar surface area (TPSA) is 86.8 Å². The van der Waals surface area contributed by atoms with E-state index < -0.39 is 28.5 Å². The summed E-state index contributed by atoms with van der Waals surface area (Å²) in [5, 5.41) is 3.39. The number of nitrogens with one attached hydrogen (secondary N) is 1. The van der Waals surface area contributed by atoms with Crippen molar-refractivity contribution in [2.45, 2.75) is 43.7 Å². The van der Waals surface area contributed by atoms with Gasteiger partial charge < -0.3 is 10.2 Å². The molecule has 0 aromatic heterocycles. The fourth-order valence-electron chi connectivity index (χ4n) is 4.75. The molecule has 44 heavy (non-hydrogen) atoms. The van der Waals surface area contributed by atoms with Crippen molar-refractivity contribution < 1.29 is 18.0 Å². The molecular formula is C34H35BrClN3O4S. The Bertz CT molecular complexity index is 1640. The third-order valence-electron chi connectivity index (χ3n) is 7.07. The lowest BCUT2D eigenvalue weighted by atomic mass is 10.0. The first-order valence-electron chi connectivity index (χ1n) is 14.4. The standard InChI is InChI=1S/C34H35BrClN3O4S/c1-2-3-21-37-34(41)32(23-26-11-6-4-7-12-26)38(24-27-13-10-14-28(35)22-27)33(40)25-39(30-15-8-5-9-16-30)44(42,43)31-19-17-29(36)18-20-31/h4-20,22,32H,2-3,21,23-25H2,1H3,(H,37,41). The molecule has 0 radical (unpaired) electrons. The molecule has 0 fully saturated rings. The molecule has 0 aliphatic rings. The van der Waals surface area contributed by atoms with E-state index in [1.807, 2.05) is 61.5 Å². The van der Waals surface area contributed by atoms with Gasteiger partial charge in [0.15, 0.2) is 0 Å². The van der Waals surface area contributed by atoms with Gasteiger partial charge in [-0.05, 0) is 66.1 Å². The molecule has 0 aliphatic carbocycles. The van der Waals surface area contributed by atoms with Crippen molar-refractivity contribution in [1.82, 2.24) is 10.2 Å². The summed E-state index contributed by atoms with van der Waals surface area (Å²) in [5.41, 5.74) is 1.99. The largest absolute Gasteiger partial charge is 0.354 e. The maximum Gasteiger partial charge on any atom is 0.264 e. The fourth-order valence-corrected chi connectivity index (χ4v) is 6.74. The highest BCUT2D eigenvalue weighted by Crippen LogP contribution is 2.26. The van der Waals surface area contributed by atoms with Gasteiger partial charge in [0.05, 0.1) is 10.6 Å². The molecule has 230 valence electrons. The number of sulfonamides is 1. The molecule has 7 nitrogen and oxygen atoms in total. The van der Waals surface area contributed by atoms with E-state index in [-0.39, 0.29) is 23.8 Å². The first kappa shape index (κ1) is 33.2. The minimum absolute atomic E-state index is 0.00441. The molecule has 4 rings (SSSR count). The normalized spacial score (nSPS) is 11.9. The first-order chi connectivity index (χ1) is 21.2. The summed E-state index contributed by atoms with van der Waals surface area (Å²) in [7, 11) is -4.18. The van der Waals surface area contributed by atoms with Gasteiger partial charge in [-0.2, -0.15) is 0 Å². The predicted octanol–water partition coefficient (Wildman–Crippen LogP) is 6.85. The quantitative estimate of drug-likeness (QED) is 0.146. The third kappa shape index (κ3) is 8.94. The van der Waals surface area contributed by atoms with Crippen molar-refractivity contribution in [2.24, 2.45) is 0 Å². The number of unbranched alkanes of at least 4 members (excludes halogenated alkanes) is 1. The van der Waals surface area contributed by atoms with Gasteiger partial charge >= 0.3 is 0 Å². The van der Waals surface area contributed by atoms with Crippen molar-refractivity contribution >= 4 is 55.1 Å². The maximum atomic E-state index is 14.4. The Labute approximate surface area is 273 Å². The number of halogens is 2. The van der Waals surface area contributed by atoms with Gasteiger partial charge in [-0.25, -0.2) is 8.42 Å². The molecule has 0 saturated carbocycles. The SMILES string of the molecule is CCCCNC(=O)C(Cc1ccccc1)N(Cc1cccc(Br)c1)C(=O)CN(c1ccccc1)S(=O)(=O)c1ccc(Cl)cc1. The van der Waals surface area contributed by atoms with Crippen LogP contribution in [0, 0.1) is 0 Å². The van der Waals surface area contributed by atoms with Crippen LogP contribution in [0.3, 0.4) is 0 Å². The Kier molecular flexibility index (Phi) is 12.0. The second kappa shape index (κ2) is 15.9. The van der Waals surface area contributed by atoms with Crippen LogP contribution in [0.5, 0.6) is 0 Å². The predicted molar refractivity (Wildman–Crippen MR) is 179 cm³/mol. The zero-order chi connectivity index (χ0) is 31.5. The van der Waals surface area contributed by atoms with E-state index in [2.05, 4.69) is 21.2 Å². The molecule has 1 unspecified atom stereocenters. The number of nitrogens with zero attached hydrogens (tertiary/aromatic N) is 2. The van der Waals surface area contributed by atoms with Gasteiger partial charge in [-0.1, -0.05) is 102 Å². The Morgan fingerprint density at radius 1 is 0.864 bits per heavy atom. The van der Waals surface area contributed by atoms with Crippen molar-refractivity contribution in [1.29, 1.82) is 0 Å². The monoisotopic (exact) mass is 695 g/mol. The summed E-state index contributed by atoms with van der Waals surface area (Å²) in [6, 6.07) is 30.4. The fraction of sp³-hybridized carbons (Fsp3) is 0.235.